The van der Waals surface area contributed by atoms with Crippen molar-refractivity contribution in [1.82, 2.24) is 0 Å². The number of anilines is 1. The number of nitro groups is 1. The van der Waals surface area contributed by atoms with E-state index in [2.05, 4.69) is 0 Å². The van der Waals surface area contributed by atoms with Crippen LogP contribution in [0, 0.1) is 10.1 Å². The molecule has 0 bridgehead atoms. The van der Waals surface area contributed by atoms with Crippen LogP contribution in [0.3, 0.4) is 0 Å². The van der Waals surface area contributed by atoms with Crippen LogP contribution in [-0.2, 0) is 9.59 Å². The molecule has 2 N–H and O–H groups in total. The number of aliphatic hydroxyl groups is 1. The van der Waals surface area contributed by atoms with E-state index in [-0.39, 0.29) is 22.5 Å². The van der Waals surface area contributed by atoms with Crippen LogP contribution in [0.15, 0.2) is 59.9 Å². The van der Waals surface area contributed by atoms with Crippen molar-refractivity contribution in [3.05, 3.63) is 81.1 Å². The Hall–Kier alpha value is -4.01. The number of amides is 1. The van der Waals surface area contributed by atoms with Gasteiger partial charge in [0.2, 0.25) is 0 Å². The number of nitro benzene ring substituents is 1. The second-order valence-corrected chi connectivity index (χ2v) is 6.10. The normalized spacial score (nSPS) is 16.4. The average molecular weight is 382 g/mol. The first-order valence-corrected chi connectivity index (χ1v) is 8.07. The zero-order chi connectivity index (χ0) is 20.6. The first-order chi connectivity index (χ1) is 13.2. The lowest BCUT2D eigenvalue weighted by Gasteiger charge is -2.26. The topological polar surface area (TPSA) is 138 Å². The molecule has 2 aromatic rings. The maximum Gasteiger partial charge on any atom is 0.335 e. The van der Waals surface area contributed by atoms with Gasteiger partial charge in [0.25, 0.3) is 11.6 Å². The molecule has 1 atom stereocenters. The maximum atomic E-state index is 12.7. The second-order valence-electron chi connectivity index (χ2n) is 6.10. The smallest absolute Gasteiger partial charge is 0.335 e. The van der Waals surface area contributed by atoms with Crippen molar-refractivity contribution in [1.29, 1.82) is 0 Å². The number of hydrogen-bond donors (Lipinski definition) is 2. The molecular formula is C19H14N2O7. The SMILES string of the molecule is CC(=O)C1=C(O)C(=O)N(c2cccc(C(=O)O)c2)[C@@H]1c1ccc([N+](=O)[O-])cc1. The molecule has 0 unspecified atom stereocenters. The molecule has 0 aliphatic carbocycles. The maximum absolute atomic E-state index is 12.7. The lowest BCUT2D eigenvalue weighted by molar-refractivity contribution is -0.384. The van der Waals surface area contributed by atoms with Crippen molar-refractivity contribution in [3.8, 4) is 0 Å². The molecule has 0 radical (unpaired) electrons. The number of ketones is 1. The molecule has 0 saturated carbocycles. The first kappa shape index (κ1) is 18.8. The van der Waals surface area contributed by atoms with Gasteiger partial charge in [0.1, 0.15) is 0 Å². The summed E-state index contributed by atoms with van der Waals surface area (Å²) in [5, 5.41) is 30.3. The number of carbonyl (C=O) groups is 3. The van der Waals surface area contributed by atoms with E-state index in [1.165, 1.54) is 55.5 Å². The highest BCUT2D eigenvalue weighted by Crippen LogP contribution is 2.41. The summed E-state index contributed by atoms with van der Waals surface area (Å²) >= 11 is 0. The van der Waals surface area contributed by atoms with Crippen LogP contribution in [0.4, 0.5) is 11.4 Å². The Morgan fingerprint density at radius 2 is 1.79 bits per heavy atom. The number of Topliss-reactive ketones (excluding diaryl/α,β-unsaturated/α-hetero) is 1. The van der Waals surface area contributed by atoms with Gasteiger partial charge in [-0.05, 0) is 42.8 Å². The van der Waals surface area contributed by atoms with Crippen LogP contribution >= 0.6 is 0 Å². The van der Waals surface area contributed by atoms with Gasteiger partial charge in [0.15, 0.2) is 11.5 Å². The summed E-state index contributed by atoms with van der Waals surface area (Å²) in [5.41, 5.74) is 0.0955. The molecule has 0 saturated heterocycles. The number of rotatable bonds is 5. The molecule has 1 amide bonds. The molecule has 9 heteroatoms. The minimum absolute atomic E-state index is 0.0801. The number of aromatic carboxylic acids is 1. The predicted molar refractivity (Wildman–Crippen MR) is 97.1 cm³/mol. The van der Waals surface area contributed by atoms with E-state index in [0.717, 1.165) is 4.90 Å². The van der Waals surface area contributed by atoms with Crippen LogP contribution in [-0.4, -0.2) is 32.8 Å². The zero-order valence-corrected chi connectivity index (χ0v) is 14.5. The number of benzene rings is 2. The third kappa shape index (κ3) is 3.09. The zero-order valence-electron chi connectivity index (χ0n) is 14.5. The summed E-state index contributed by atoms with van der Waals surface area (Å²) in [5.74, 6) is -3.36. The summed E-state index contributed by atoms with van der Waals surface area (Å²) in [7, 11) is 0. The number of carboxylic acids is 1. The number of hydrogen-bond acceptors (Lipinski definition) is 6. The lowest BCUT2D eigenvalue weighted by Crippen LogP contribution is -2.31. The standard InChI is InChI=1S/C19H14N2O7/c1-10(22)15-16(11-5-7-13(8-6-11)21(27)28)20(18(24)17(15)23)14-4-2-3-12(9-14)19(25)26/h2-9,16,23H,1H3,(H,25,26)/t16-/m1/s1. The van der Waals surface area contributed by atoms with Crippen LogP contribution < -0.4 is 4.90 Å². The molecule has 9 nitrogen and oxygen atoms in total. The Bertz CT molecular complexity index is 1040. The number of non-ortho nitro benzene ring substituents is 1. The first-order valence-electron chi connectivity index (χ1n) is 8.07. The summed E-state index contributed by atoms with van der Waals surface area (Å²) in [4.78, 5) is 47.4. The molecule has 0 spiro atoms. The van der Waals surface area contributed by atoms with Gasteiger partial charge < -0.3 is 10.2 Å². The Morgan fingerprint density at radius 1 is 1.14 bits per heavy atom. The second kappa shape index (κ2) is 6.95. The quantitative estimate of drug-likeness (QED) is 0.599. The number of carboxylic acid groups (broad SMARTS) is 1. The molecule has 3 rings (SSSR count). The minimum atomic E-state index is -1.20. The summed E-state index contributed by atoms with van der Waals surface area (Å²) < 4.78 is 0. The molecule has 28 heavy (non-hydrogen) atoms. The molecule has 1 heterocycles. The van der Waals surface area contributed by atoms with Gasteiger partial charge in [0, 0.05) is 17.8 Å². The van der Waals surface area contributed by atoms with Gasteiger partial charge in [-0.15, -0.1) is 0 Å². The highest BCUT2D eigenvalue weighted by molar-refractivity contribution is 6.16. The van der Waals surface area contributed by atoms with Crippen LogP contribution in [0.2, 0.25) is 0 Å². The van der Waals surface area contributed by atoms with E-state index in [4.69, 9.17) is 0 Å². The highest BCUT2D eigenvalue weighted by atomic mass is 16.6. The van der Waals surface area contributed by atoms with Gasteiger partial charge in [-0.2, -0.15) is 0 Å². The van der Waals surface area contributed by atoms with Gasteiger partial charge in [-0.1, -0.05) is 6.07 Å². The third-order valence-corrected chi connectivity index (χ3v) is 4.38. The van der Waals surface area contributed by atoms with E-state index >= 15 is 0 Å². The van der Waals surface area contributed by atoms with Gasteiger partial charge >= 0.3 is 5.97 Å². The molecular weight excluding hydrogens is 368 g/mol. The Kier molecular flexibility index (Phi) is 4.66. The lowest BCUT2D eigenvalue weighted by atomic mass is 9.96. The van der Waals surface area contributed by atoms with Gasteiger partial charge in [-0.25, -0.2) is 4.79 Å². The largest absolute Gasteiger partial charge is 0.503 e. The van der Waals surface area contributed by atoms with E-state index in [1.807, 2.05) is 0 Å². The summed E-state index contributed by atoms with van der Waals surface area (Å²) in [6.07, 6.45) is 0. The minimum Gasteiger partial charge on any atom is -0.503 e. The van der Waals surface area contributed by atoms with Crippen molar-refractivity contribution in [2.45, 2.75) is 13.0 Å². The van der Waals surface area contributed by atoms with Gasteiger partial charge in [0.05, 0.1) is 22.1 Å². The van der Waals surface area contributed by atoms with E-state index in [1.54, 1.807) is 0 Å². The van der Waals surface area contributed by atoms with E-state index < -0.39 is 34.4 Å². The molecule has 0 aromatic heterocycles. The average Bonchev–Trinajstić information content (AvgIpc) is 2.93. The highest BCUT2D eigenvalue weighted by Gasteiger charge is 2.43. The number of carbonyl (C=O) groups excluding carboxylic acids is 2. The van der Waals surface area contributed by atoms with E-state index in [0.29, 0.717) is 5.56 Å². The van der Waals surface area contributed by atoms with Crippen LogP contribution in [0.5, 0.6) is 0 Å². The summed E-state index contributed by atoms with van der Waals surface area (Å²) in [6.45, 7) is 1.19. The van der Waals surface area contributed by atoms with Crippen molar-refractivity contribution in [3.63, 3.8) is 0 Å². The van der Waals surface area contributed by atoms with Gasteiger partial charge in [-0.3, -0.25) is 24.6 Å². The van der Waals surface area contributed by atoms with Crippen molar-refractivity contribution >= 4 is 29.0 Å². The number of nitrogens with zero attached hydrogens (tertiary/aromatic N) is 2. The predicted octanol–water partition coefficient (Wildman–Crippen LogP) is 2.78. The fraction of sp³-hybridized carbons (Fsp3) is 0.105. The van der Waals surface area contributed by atoms with Crippen molar-refractivity contribution in [2.75, 3.05) is 4.90 Å². The number of aliphatic hydroxyl groups excluding tert-OH is 1. The fourth-order valence-corrected chi connectivity index (χ4v) is 3.11. The van der Waals surface area contributed by atoms with E-state index in [9.17, 15) is 34.7 Å². The molecule has 1 aliphatic heterocycles. The Balaban J connectivity index is 2.16. The Morgan fingerprint density at radius 3 is 2.32 bits per heavy atom. The Labute approximate surface area is 158 Å². The monoisotopic (exact) mass is 382 g/mol. The third-order valence-electron chi connectivity index (χ3n) is 4.38. The van der Waals surface area contributed by atoms with Crippen LogP contribution in [0.25, 0.3) is 0 Å². The van der Waals surface area contributed by atoms with Crippen molar-refractivity contribution in [2.24, 2.45) is 0 Å². The molecule has 142 valence electrons. The molecule has 2 aromatic carbocycles. The summed E-state index contributed by atoms with van der Waals surface area (Å²) in [6, 6.07) is 9.65. The molecule has 1 aliphatic rings. The molecule has 0 fully saturated rings. The van der Waals surface area contributed by atoms with Crippen molar-refractivity contribution < 1.29 is 29.5 Å². The van der Waals surface area contributed by atoms with Crippen LogP contribution in [0.1, 0.15) is 28.9 Å². The fourth-order valence-electron chi connectivity index (χ4n) is 3.11.